The molecule has 112 valence electrons. The average Bonchev–Trinajstić information content (AvgIpc) is 2.49. The quantitative estimate of drug-likeness (QED) is 0.438. The standard InChI is InChI=1S/C16H18O5/c1-12(2)16(18)21-11-10-20-14-7-4-13(5-8-14)6-9-15(17)19-3/h4-9H,1,10-11H2,2-3H3. The third kappa shape index (κ3) is 6.42. The lowest BCUT2D eigenvalue weighted by Gasteiger charge is -2.07. The fraction of sp³-hybridized carbons (Fsp3) is 0.250. The number of hydrogen-bond donors (Lipinski definition) is 0. The highest BCUT2D eigenvalue weighted by atomic mass is 16.6. The van der Waals surface area contributed by atoms with Crippen LogP contribution in [-0.4, -0.2) is 32.3 Å². The fourth-order valence-corrected chi connectivity index (χ4v) is 1.32. The molecule has 5 nitrogen and oxygen atoms in total. The van der Waals surface area contributed by atoms with Gasteiger partial charge in [-0.2, -0.15) is 0 Å². The molecule has 0 radical (unpaired) electrons. The Morgan fingerprint density at radius 3 is 2.43 bits per heavy atom. The van der Waals surface area contributed by atoms with Gasteiger partial charge in [0, 0.05) is 11.6 Å². The van der Waals surface area contributed by atoms with Gasteiger partial charge in [0.2, 0.25) is 0 Å². The normalized spacial score (nSPS) is 10.2. The van der Waals surface area contributed by atoms with Gasteiger partial charge in [-0.15, -0.1) is 0 Å². The minimum absolute atomic E-state index is 0.162. The second-order valence-corrected chi connectivity index (χ2v) is 4.19. The molecule has 0 aliphatic carbocycles. The van der Waals surface area contributed by atoms with Gasteiger partial charge in [-0.3, -0.25) is 0 Å². The molecule has 0 spiro atoms. The summed E-state index contributed by atoms with van der Waals surface area (Å²) >= 11 is 0. The van der Waals surface area contributed by atoms with Gasteiger partial charge in [-0.05, 0) is 30.7 Å². The number of benzene rings is 1. The molecule has 0 fully saturated rings. The molecule has 0 atom stereocenters. The number of esters is 2. The summed E-state index contributed by atoms with van der Waals surface area (Å²) in [5.41, 5.74) is 1.21. The number of carbonyl (C=O) groups excluding carboxylic acids is 2. The molecular formula is C16H18O5. The number of ether oxygens (including phenoxy) is 3. The Labute approximate surface area is 123 Å². The van der Waals surface area contributed by atoms with Gasteiger partial charge >= 0.3 is 11.9 Å². The van der Waals surface area contributed by atoms with Crippen LogP contribution in [0.15, 0.2) is 42.5 Å². The van der Waals surface area contributed by atoms with Crippen LogP contribution in [0, 0.1) is 0 Å². The van der Waals surface area contributed by atoms with Crippen LogP contribution in [0.3, 0.4) is 0 Å². The lowest BCUT2D eigenvalue weighted by atomic mass is 10.2. The average molecular weight is 290 g/mol. The number of carbonyl (C=O) groups is 2. The van der Waals surface area contributed by atoms with Crippen LogP contribution in [0.2, 0.25) is 0 Å². The molecule has 0 unspecified atom stereocenters. The van der Waals surface area contributed by atoms with E-state index >= 15 is 0 Å². The van der Waals surface area contributed by atoms with Gasteiger partial charge < -0.3 is 14.2 Å². The molecule has 1 aromatic carbocycles. The summed E-state index contributed by atoms with van der Waals surface area (Å²) in [5.74, 6) is -0.187. The van der Waals surface area contributed by atoms with E-state index < -0.39 is 11.9 Å². The monoisotopic (exact) mass is 290 g/mol. The van der Waals surface area contributed by atoms with E-state index in [1.807, 2.05) is 0 Å². The Bertz CT molecular complexity index is 528. The van der Waals surface area contributed by atoms with Gasteiger partial charge in [0.25, 0.3) is 0 Å². The molecule has 0 aliphatic heterocycles. The van der Waals surface area contributed by atoms with E-state index in [2.05, 4.69) is 11.3 Å². The van der Waals surface area contributed by atoms with Gasteiger partial charge in [0.1, 0.15) is 19.0 Å². The molecule has 0 aliphatic rings. The number of hydrogen-bond acceptors (Lipinski definition) is 5. The van der Waals surface area contributed by atoms with E-state index in [1.165, 1.54) is 13.2 Å². The molecule has 0 aromatic heterocycles. The maximum atomic E-state index is 11.1. The topological polar surface area (TPSA) is 61.8 Å². The van der Waals surface area contributed by atoms with Crippen LogP contribution in [0.5, 0.6) is 5.75 Å². The first-order valence-electron chi connectivity index (χ1n) is 6.34. The largest absolute Gasteiger partial charge is 0.490 e. The Balaban J connectivity index is 2.38. The molecule has 0 N–H and O–H groups in total. The van der Waals surface area contributed by atoms with E-state index in [-0.39, 0.29) is 13.2 Å². The summed E-state index contributed by atoms with van der Waals surface area (Å²) in [6, 6.07) is 7.12. The van der Waals surface area contributed by atoms with Gasteiger partial charge in [0.15, 0.2) is 0 Å². The summed E-state index contributed by atoms with van der Waals surface area (Å²) in [7, 11) is 1.32. The minimum Gasteiger partial charge on any atom is -0.490 e. The molecule has 0 saturated carbocycles. The first-order chi connectivity index (χ1) is 10.0. The van der Waals surface area contributed by atoms with Crippen molar-refractivity contribution in [2.45, 2.75) is 6.92 Å². The Kier molecular flexibility index (Phi) is 6.74. The van der Waals surface area contributed by atoms with Crippen LogP contribution < -0.4 is 4.74 Å². The first-order valence-corrected chi connectivity index (χ1v) is 6.34. The molecule has 1 rings (SSSR count). The van der Waals surface area contributed by atoms with Crippen molar-refractivity contribution in [2.24, 2.45) is 0 Å². The van der Waals surface area contributed by atoms with Crippen LogP contribution in [0.1, 0.15) is 12.5 Å². The van der Waals surface area contributed by atoms with E-state index in [4.69, 9.17) is 9.47 Å². The predicted molar refractivity (Wildman–Crippen MR) is 78.8 cm³/mol. The Morgan fingerprint density at radius 1 is 1.19 bits per heavy atom. The van der Waals surface area contributed by atoms with E-state index in [9.17, 15) is 9.59 Å². The van der Waals surface area contributed by atoms with Crippen molar-refractivity contribution in [3.63, 3.8) is 0 Å². The molecular weight excluding hydrogens is 272 g/mol. The summed E-state index contributed by atoms with van der Waals surface area (Å²) in [6.07, 6.45) is 2.98. The van der Waals surface area contributed by atoms with E-state index in [0.29, 0.717) is 11.3 Å². The molecule has 0 bridgehead atoms. The summed E-state index contributed by atoms with van der Waals surface area (Å²) in [6.45, 7) is 5.49. The van der Waals surface area contributed by atoms with Crippen LogP contribution in [0.4, 0.5) is 0 Å². The van der Waals surface area contributed by atoms with Gasteiger partial charge in [-0.25, -0.2) is 9.59 Å². The zero-order chi connectivity index (χ0) is 15.7. The van der Waals surface area contributed by atoms with Crippen molar-refractivity contribution in [2.75, 3.05) is 20.3 Å². The second-order valence-electron chi connectivity index (χ2n) is 4.19. The maximum Gasteiger partial charge on any atom is 0.333 e. The highest BCUT2D eigenvalue weighted by Gasteiger charge is 2.02. The Hall–Kier alpha value is -2.56. The van der Waals surface area contributed by atoms with Crippen LogP contribution >= 0.6 is 0 Å². The minimum atomic E-state index is -0.429. The lowest BCUT2D eigenvalue weighted by Crippen LogP contribution is -2.12. The molecule has 1 aromatic rings. The SMILES string of the molecule is C=C(C)C(=O)OCCOc1ccc(C=CC(=O)OC)cc1. The fourth-order valence-electron chi connectivity index (χ4n) is 1.32. The number of rotatable bonds is 7. The smallest absolute Gasteiger partial charge is 0.333 e. The van der Waals surface area contributed by atoms with Crippen molar-refractivity contribution in [1.82, 2.24) is 0 Å². The third-order valence-electron chi connectivity index (χ3n) is 2.43. The number of methoxy groups -OCH3 is 1. The van der Waals surface area contributed by atoms with Crippen molar-refractivity contribution in [1.29, 1.82) is 0 Å². The summed E-state index contributed by atoms with van der Waals surface area (Å²) in [5, 5.41) is 0. The predicted octanol–water partition coefficient (Wildman–Crippen LogP) is 2.37. The van der Waals surface area contributed by atoms with E-state index in [1.54, 1.807) is 37.3 Å². The maximum absolute atomic E-state index is 11.1. The molecule has 0 amide bonds. The molecule has 21 heavy (non-hydrogen) atoms. The highest BCUT2D eigenvalue weighted by Crippen LogP contribution is 2.13. The summed E-state index contributed by atoms with van der Waals surface area (Å²) in [4.78, 5) is 22.1. The van der Waals surface area contributed by atoms with Crippen molar-refractivity contribution >= 4 is 18.0 Å². The van der Waals surface area contributed by atoms with Crippen molar-refractivity contribution < 1.29 is 23.8 Å². The highest BCUT2D eigenvalue weighted by molar-refractivity contribution is 5.87. The van der Waals surface area contributed by atoms with Crippen molar-refractivity contribution in [3.05, 3.63) is 48.1 Å². The summed E-state index contributed by atoms with van der Waals surface area (Å²) < 4.78 is 14.8. The van der Waals surface area contributed by atoms with Gasteiger partial charge in [-0.1, -0.05) is 18.7 Å². The van der Waals surface area contributed by atoms with Gasteiger partial charge in [0.05, 0.1) is 7.11 Å². The van der Waals surface area contributed by atoms with Crippen LogP contribution in [0.25, 0.3) is 6.08 Å². The zero-order valence-corrected chi connectivity index (χ0v) is 12.1. The lowest BCUT2D eigenvalue weighted by molar-refractivity contribution is -0.139. The Morgan fingerprint density at radius 2 is 1.86 bits per heavy atom. The zero-order valence-electron chi connectivity index (χ0n) is 12.1. The van der Waals surface area contributed by atoms with Crippen molar-refractivity contribution in [3.8, 4) is 5.75 Å². The molecule has 5 heteroatoms. The molecule has 0 saturated heterocycles. The molecule has 0 heterocycles. The first kappa shape index (κ1) is 16.5. The third-order valence-corrected chi connectivity index (χ3v) is 2.43. The van der Waals surface area contributed by atoms with Crippen LogP contribution in [-0.2, 0) is 19.1 Å². The van der Waals surface area contributed by atoms with E-state index in [0.717, 1.165) is 5.56 Å². The second kappa shape index (κ2) is 8.58.